The minimum atomic E-state index is -0.368. The Balaban J connectivity index is 2.70. The summed E-state index contributed by atoms with van der Waals surface area (Å²) in [4.78, 5) is 23.2. The van der Waals surface area contributed by atoms with Crippen molar-refractivity contribution in [1.29, 1.82) is 0 Å². The molecular formula is C15H19NO3. The zero-order valence-electron chi connectivity index (χ0n) is 11.5. The molecule has 4 nitrogen and oxygen atoms in total. The highest BCUT2D eigenvalue weighted by atomic mass is 16.5. The number of carbonyl (C=O) groups is 2. The third-order valence-corrected chi connectivity index (χ3v) is 2.50. The predicted molar refractivity (Wildman–Crippen MR) is 74.1 cm³/mol. The molecule has 0 aliphatic carbocycles. The second-order valence-corrected chi connectivity index (χ2v) is 4.07. The van der Waals surface area contributed by atoms with Gasteiger partial charge in [-0.3, -0.25) is 4.79 Å². The fourth-order valence-corrected chi connectivity index (χ4v) is 1.51. The van der Waals surface area contributed by atoms with E-state index in [4.69, 9.17) is 4.74 Å². The van der Waals surface area contributed by atoms with Crippen molar-refractivity contribution in [2.45, 2.75) is 27.2 Å². The van der Waals surface area contributed by atoms with Crippen molar-refractivity contribution in [2.24, 2.45) is 0 Å². The summed E-state index contributed by atoms with van der Waals surface area (Å²) in [5.74, 6) is -0.0723. The Kier molecular flexibility index (Phi) is 5.79. The van der Waals surface area contributed by atoms with Gasteiger partial charge in [0.1, 0.15) is 5.75 Å². The smallest absolute Gasteiger partial charge is 0.338 e. The average molecular weight is 261 g/mol. The highest BCUT2D eigenvalue weighted by molar-refractivity contribution is 5.94. The average Bonchev–Trinajstić information content (AvgIpc) is 2.40. The molecule has 1 rings (SSSR count). The molecule has 0 radical (unpaired) electrons. The van der Waals surface area contributed by atoms with Crippen LogP contribution >= 0.6 is 0 Å². The number of hydrogen-bond acceptors (Lipinski definition) is 3. The SMILES string of the molecule is CC/C=C(/C)C(=O)Oc1ccc(C(=O)NCC)cc1. The Morgan fingerprint density at radius 3 is 2.37 bits per heavy atom. The summed E-state index contributed by atoms with van der Waals surface area (Å²) in [6, 6.07) is 6.49. The van der Waals surface area contributed by atoms with E-state index in [1.165, 1.54) is 0 Å². The topological polar surface area (TPSA) is 55.4 Å². The summed E-state index contributed by atoms with van der Waals surface area (Å²) in [6.45, 7) is 6.11. The molecule has 0 aliphatic heterocycles. The third kappa shape index (κ3) is 4.58. The summed E-state index contributed by atoms with van der Waals surface area (Å²) in [6.07, 6.45) is 2.60. The molecule has 1 amide bonds. The van der Waals surface area contributed by atoms with Gasteiger partial charge in [0.25, 0.3) is 5.91 Å². The van der Waals surface area contributed by atoms with Crippen molar-refractivity contribution in [3.63, 3.8) is 0 Å². The molecule has 0 unspecified atom stereocenters. The standard InChI is InChI=1S/C15H19NO3/c1-4-6-11(3)15(18)19-13-9-7-12(8-10-13)14(17)16-5-2/h6-10H,4-5H2,1-3H3,(H,16,17)/b11-6-. The summed E-state index contributed by atoms with van der Waals surface area (Å²) >= 11 is 0. The quantitative estimate of drug-likeness (QED) is 0.503. The van der Waals surface area contributed by atoms with Gasteiger partial charge < -0.3 is 10.1 Å². The van der Waals surface area contributed by atoms with Crippen molar-refractivity contribution in [3.05, 3.63) is 41.5 Å². The second kappa shape index (κ2) is 7.36. The number of nitrogens with one attached hydrogen (secondary N) is 1. The minimum Gasteiger partial charge on any atom is -0.423 e. The largest absolute Gasteiger partial charge is 0.423 e. The molecule has 0 saturated heterocycles. The number of ether oxygens (including phenoxy) is 1. The van der Waals surface area contributed by atoms with E-state index in [2.05, 4.69) is 5.32 Å². The first-order valence-corrected chi connectivity index (χ1v) is 6.35. The van der Waals surface area contributed by atoms with Crippen LogP contribution in [-0.4, -0.2) is 18.4 Å². The van der Waals surface area contributed by atoms with Gasteiger partial charge in [-0.25, -0.2) is 4.79 Å². The number of rotatable bonds is 5. The van der Waals surface area contributed by atoms with Crippen molar-refractivity contribution >= 4 is 11.9 Å². The van der Waals surface area contributed by atoms with Crippen LogP contribution in [0.5, 0.6) is 5.75 Å². The molecule has 0 bridgehead atoms. The van der Waals surface area contributed by atoms with Crippen LogP contribution in [0.2, 0.25) is 0 Å². The maximum absolute atomic E-state index is 11.7. The molecule has 0 atom stereocenters. The molecule has 19 heavy (non-hydrogen) atoms. The van der Waals surface area contributed by atoms with Gasteiger partial charge in [0.15, 0.2) is 0 Å². The lowest BCUT2D eigenvalue weighted by Crippen LogP contribution is -2.22. The summed E-state index contributed by atoms with van der Waals surface area (Å²) < 4.78 is 5.18. The molecule has 102 valence electrons. The molecule has 0 saturated carbocycles. The monoisotopic (exact) mass is 261 g/mol. The van der Waals surface area contributed by atoms with Gasteiger partial charge >= 0.3 is 5.97 Å². The number of amides is 1. The maximum Gasteiger partial charge on any atom is 0.338 e. The van der Waals surface area contributed by atoms with Crippen LogP contribution < -0.4 is 10.1 Å². The van der Waals surface area contributed by atoms with Gasteiger partial charge in [-0.15, -0.1) is 0 Å². The van der Waals surface area contributed by atoms with Crippen molar-refractivity contribution in [2.75, 3.05) is 6.54 Å². The Morgan fingerprint density at radius 1 is 1.21 bits per heavy atom. The normalized spacial score (nSPS) is 11.0. The van der Waals surface area contributed by atoms with Gasteiger partial charge in [-0.05, 0) is 44.5 Å². The van der Waals surface area contributed by atoms with Crippen molar-refractivity contribution in [1.82, 2.24) is 5.32 Å². The van der Waals surface area contributed by atoms with Crippen LogP contribution in [0.25, 0.3) is 0 Å². The molecule has 1 N–H and O–H groups in total. The van der Waals surface area contributed by atoms with E-state index in [9.17, 15) is 9.59 Å². The summed E-state index contributed by atoms with van der Waals surface area (Å²) in [7, 11) is 0. The van der Waals surface area contributed by atoms with E-state index >= 15 is 0 Å². The first kappa shape index (κ1) is 15.0. The maximum atomic E-state index is 11.7. The Hall–Kier alpha value is -2.10. The van der Waals surface area contributed by atoms with Crippen molar-refractivity contribution in [3.8, 4) is 5.75 Å². The molecule has 4 heteroatoms. The van der Waals surface area contributed by atoms with Crippen LogP contribution in [0.4, 0.5) is 0 Å². The summed E-state index contributed by atoms with van der Waals surface area (Å²) in [5.41, 5.74) is 1.12. The van der Waals surface area contributed by atoms with E-state index in [0.29, 0.717) is 23.4 Å². The zero-order chi connectivity index (χ0) is 14.3. The predicted octanol–water partition coefficient (Wildman–Crippen LogP) is 2.70. The van der Waals surface area contributed by atoms with Gasteiger partial charge in [-0.2, -0.15) is 0 Å². The van der Waals surface area contributed by atoms with Gasteiger partial charge in [0.05, 0.1) is 0 Å². The number of allylic oxidation sites excluding steroid dienone is 1. The lowest BCUT2D eigenvalue weighted by Gasteiger charge is -2.06. The van der Waals surface area contributed by atoms with Crippen molar-refractivity contribution < 1.29 is 14.3 Å². The highest BCUT2D eigenvalue weighted by Crippen LogP contribution is 2.14. The van der Waals surface area contributed by atoms with E-state index in [0.717, 1.165) is 6.42 Å². The fourth-order valence-electron chi connectivity index (χ4n) is 1.51. The molecule has 0 heterocycles. The third-order valence-electron chi connectivity index (χ3n) is 2.50. The van der Waals surface area contributed by atoms with Crippen LogP contribution in [0, 0.1) is 0 Å². The van der Waals surface area contributed by atoms with Crippen LogP contribution in [0.15, 0.2) is 35.9 Å². The van der Waals surface area contributed by atoms with E-state index in [1.807, 2.05) is 19.9 Å². The number of benzene rings is 1. The van der Waals surface area contributed by atoms with Crippen LogP contribution in [-0.2, 0) is 4.79 Å². The fraction of sp³-hybridized carbons (Fsp3) is 0.333. The molecular weight excluding hydrogens is 242 g/mol. The molecule has 0 aromatic heterocycles. The second-order valence-electron chi connectivity index (χ2n) is 4.07. The van der Waals surface area contributed by atoms with E-state index in [-0.39, 0.29) is 11.9 Å². The van der Waals surface area contributed by atoms with Crippen LogP contribution in [0.3, 0.4) is 0 Å². The first-order chi connectivity index (χ1) is 9.08. The Morgan fingerprint density at radius 2 is 1.84 bits per heavy atom. The molecule has 0 spiro atoms. The highest BCUT2D eigenvalue weighted by Gasteiger charge is 2.08. The summed E-state index contributed by atoms with van der Waals surface area (Å²) in [5, 5.41) is 2.70. The van der Waals surface area contributed by atoms with Gasteiger partial charge in [0, 0.05) is 17.7 Å². The number of esters is 1. The van der Waals surface area contributed by atoms with Crippen LogP contribution in [0.1, 0.15) is 37.6 Å². The lowest BCUT2D eigenvalue weighted by atomic mass is 10.2. The lowest BCUT2D eigenvalue weighted by molar-refractivity contribution is -0.130. The van der Waals surface area contributed by atoms with E-state index in [1.54, 1.807) is 31.2 Å². The van der Waals surface area contributed by atoms with E-state index < -0.39 is 0 Å². The Labute approximate surface area is 113 Å². The number of hydrogen-bond donors (Lipinski definition) is 1. The zero-order valence-corrected chi connectivity index (χ0v) is 11.5. The molecule has 0 aliphatic rings. The molecule has 0 fully saturated rings. The first-order valence-electron chi connectivity index (χ1n) is 6.35. The number of carbonyl (C=O) groups excluding carboxylic acids is 2. The van der Waals surface area contributed by atoms with Gasteiger partial charge in [0.2, 0.25) is 0 Å². The molecule has 1 aromatic rings. The minimum absolute atomic E-state index is 0.137. The molecule has 1 aromatic carbocycles. The van der Waals surface area contributed by atoms with Gasteiger partial charge in [-0.1, -0.05) is 13.0 Å². The Bertz CT molecular complexity index is 475.